The third-order valence-electron chi connectivity index (χ3n) is 4.30. The number of carbonyl (C=O) groups is 1. The van der Waals surface area contributed by atoms with Crippen LogP contribution in [0, 0.1) is 6.92 Å². The summed E-state index contributed by atoms with van der Waals surface area (Å²) in [4.78, 5) is 24.7. The molecule has 1 amide bonds. The second-order valence-corrected chi connectivity index (χ2v) is 6.82. The van der Waals surface area contributed by atoms with Crippen LogP contribution in [-0.2, 0) is 11.3 Å². The van der Waals surface area contributed by atoms with Crippen molar-refractivity contribution in [2.24, 2.45) is 0 Å². The van der Waals surface area contributed by atoms with Gasteiger partial charge in [-0.05, 0) is 37.6 Å². The van der Waals surface area contributed by atoms with E-state index in [1.54, 1.807) is 25.1 Å². The van der Waals surface area contributed by atoms with Crippen LogP contribution in [0.5, 0.6) is 0 Å². The molecule has 0 bridgehead atoms. The van der Waals surface area contributed by atoms with E-state index >= 15 is 0 Å². The number of benzene rings is 2. The summed E-state index contributed by atoms with van der Waals surface area (Å²) in [5, 5.41) is 7.86. The van der Waals surface area contributed by atoms with Gasteiger partial charge in [0.15, 0.2) is 0 Å². The number of nitrogens with zero attached hydrogens (tertiary/aromatic N) is 2. The van der Waals surface area contributed by atoms with Crippen LogP contribution in [0.3, 0.4) is 0 Å². The van der Waals surface area contributed by atoms with E-state index in [4.69, 9.17) is 11.6 Å². The van der Waals surface area contributed by atoms with Gasteiger partial charge >= 0.3 is 0 Å². The highest BCUT2D eigenvalue weighted by atomic mass is 35.5. The third-order valence-corrected chi connectivity index (χ3v) is 4.55. The molecule has 0 radical (unpaired) electrons. The van der Waals surface area contributed by atoms with Gasteiger partial charge in [-0.15, -0.1) is 0 Å². The summed E-state index contributed by atoms with van der Waals surface area (Å²) in [5.41, 5.74) is 3.28. The minimum Gasteiger partial charge on any atom is -0.350 e. The first-order chi connectivity index (χ1) is 12.9. The highest BCUT2D eigenvalue weighted by molar-refractivity contribution is 6.30. The average molecular weight is 382 g/mol. The van der Waals surface area contributed by atoms with E-state index in [1.165, 1.54) is 10.7 Å². The molecule has 1 aromatic heterocycles. The van der Waals surface area contributed by atoms with Crippen molar-refractivity contribution in [3.63, 3.8) is 0 Å². The summed E-state index contributed by atoms with van der Waals surface area (Å²) in [6.07, 6.45) is 0. The molecule has 1 unspecified atom stereocenters. The van der Waals surface area contributed by atoms with E-state index in [0.717, 1.165) is 16.7 Å². The van der Waals surface area contributed by atoms with Gasteiger partial charge in [0.25, 0.3) is 5.56 Å². The molecule has 5 nitrogen and oxygen atoms in total. The lowest BCUT2D eigenvalue weighted by Gasteiger charge is -2.15. The maximum atomic E-state index is 12.5. The lowest BCUT2D eigenvalue weighted by atomic mass is 10.1. The number of hydrogen-bond donors (Lipinski definition) is 1. The predicted molar refractivity (Wildman–Crippen MR) is 107 cm³/mol. The normalized spacial score (nSPS) is 11.8. The Morgan fingerprint density at radius 2 is 1.74 bits per heavy atom. The quantitative estimate of drug-likeness (QED) is 0.732. The van der Waals surface area contributed by atoms with Crippen molar-refractivity contribution < 1.29 is 4.79 Å². The Hall–Kier alpha value is -2.92. The first-order valence-corrected chi connectivity index (χ1v) is 9.01. The van der Waals surface area contributed by atoms with Crippen LogP contribution in [0.1, 0.15) is 24.1 Å². The minimum absolute atomic E-state index is 0.277. The Kier molecular flexibility index (Phi) is 5.72. The van der Waals surface area contributed by atoms with Crippen molar-refractivity contribution in [3.05, 3.63) is 87.2 Å². The van der Waals surface area contributed by atoms with E-state index in [0.29, 0.717) is 17.3 Å². The van der Waals surface area contributed by atoms with Crippen molar-refractivity contribution in [3.8, 4) is 11.3 Å². The SMILES string of the molecule is Cc1ccc(-c2ccc(=O)n(C(C)C(=O)NCc3ccc(Cl)cc3)n2)cc1. The second kappa shape index (κ2) is 8.18. The molecule has 0 saturated heterocycles. The molecule has 0 aliphatic rings. The molecule has 1 atom stereocenters. The van der Waals surface area contributed by atoms with E-state index < -0.39 is 6.04 Å². The summed E-state index contributed by atoms with van der Waals surface area (Å²) >= 11 is 5.86. The monoisotopic (exact) mass is 381 g/mol. The number of nitrogens with one attached hydrogen (secondary N) is 1. The summed E-state index contributed by atoms with van der Waals surface area (Å²) in [7, 11) is 0. The van der Waals surface area contributed by atoms with Gasteiger partial charge in [0, 0.05) is 23.2 Å². The van der Waals surface area contributed by atoms with Gasteiger partial charge in [-0.1, -0.05) is 53.6 Å². The molecule has 6 heteroatoms. The number of carbonyl (C=O) groups excluding carboxylic acids is 1. The van der Waals surface area contributed by atoms with Crippen molar-refractivity contribution >= 4 is 17.5 Å². The molecule has 1 heterocycles. The fraction of sp³-hybridized carbons (Fsp3) is 0.190. The first-order valence-electron chi connectivity index (χ1n) is 8.63. The molecule has 0 aliphatic heterocycles. The summed E-state index contributed by atoms with van der Waals surface area (Å²) < 4.78 is 1.21. The lowest BCUT2D eigenvalue weighted by Crippen LogP contribution is -2.36. The van der Waals surface area contributed by atoms with Crippen LogP contribution in [0.4, 0.5) is 0 Å². The zero-order chi connectivity index (χ0) is 19.4. The zero-order valence-corrected chi connectivity index (χ0v) is 15.9. The number of hydrogen-bond acceptors (Lipinski definition) is 3. The highest BCUT2D eigenvalue weighted by Crippen LogP contribution is 2.17. The van der Waals surface area contributed by atoms with Crippen molar-refractivity contribution in [2.45, 2.75) is 26.4 Å². The Labute approximate surface area is 162 Å². The van der Waals surface area contributed by atoms with Crippen molar-refractivity contribution in [1.29, 1.82) is 0 Å². The zero-order valence-electron chi connectivity index (χ0n) is 15.1. The molecule has 1 N–H and O–H groups in total. The molecule has 138 valence electrons. The third kappa shape index (κ3) is 4.63. The molecular weight excluding hydrogens is 362 g/mol. The minimum atomic E-state index is -0.727. The molecule has 3 rings (SSSR count). The number of aryl methyl sites for hydroxylation is 1. The molecular formula is C21H20ClN3O2. The fourth-order valence-corrected chi connectivity index (χ4v) is 2.76. The molecule has 2 aromatic carbocycles. The van der Waals surface area contributed by atoms with Gasteiger partial charge in [-0.2, -0.15) is 5.10 Å². The van der Waals surface area contributed by atoms with Gasteiger partial charge in [0.05, 0.1) is 5.69 Å². The Bertz CT molecular complexity index is 995. The molecule has 0 fully saturated rings. The van der Waals surface area contributed by atoms with Crippen LogP contribution >= 0.6 is 11.6 Å². The summed E-state index contributed by atoms with van der Waals surface area (Å²) in [5.74, 6) is -0.277. The second-order valence-electron chi connectivity index (χ2n) is 6.39. The van der Waals surface area contributed by atoms with Crippen molar-refractivity contribution in [2.75, 3.05) is 0 Å². The van der Waals surface area contributed by atoms with Gasteiger partial charge in [0.2, 0.25) is 5.91 Å². The molecule has 0 aliphatic carbocycles. The first kappa shape index (κ1) is 18.9. The number of aromatic nitrogens is 2. The van der Waals surface area contributed by atoms with Crippen LogP contribution in [-0.4, -0.2) is 15.7 Å². The van der Waals surface area contributed by atoms with E-state index in [1.807, 2.05) is 43.3 Å². The van der Waals surface area contributed by atoms with E-state index in [-0.39, 0.29) is 11.5 Å². The van der Waals surface area contributed by atoms with Gasteiger partial charge in [-0.25, -0.2) is 4.68 Å². The maximum Gasteiger partial charge on any atom is 0.267 e. The number of amides is 1. The van der Waals surface area contributed by atoms with Crippen LogP contribution in [0.15, 0.2) is 65.5 Å². The summed E-state index contributed by atoms with van der Waals surface area (Å²) in [6.45, 7) is 4.02. The molecule has 0 spiro atoms. The molecule has 3 aromatic rings. The van der Waals surface area contributed by atoms with Crippen LogP contribution < -0.4 is 10.9 Å². The number of halogens is 1. The van der Waals surface area contributed by atoms with E-state index in [2.05, 4.69) is 10.4 Å². The predicted octanol–water partition coefficient (Wildman–Crippen LogP) is 3.75. The standard InChI is InChI=1S/C21H20ClN3O2/c1-14-3-7-17(8-4-14)19-11-12-20(26)25(24-19)15(2)21(27)23-13-16-5-9-18(22)10-6-16/h3-12,15H,13H2,1-2H3,(H,23,27). The summed E-state index contributed by atoms with van der Waals surface area (Å²) in [6, 6.07) is 17.4. The van der Waals surface area contributed by atoms with Gasteiger partial charge < -0.3 is 5.32 Å². The lowest BCUT2D eigenvalue weighted by molar-refractivity contribution is -0.124. The van der Waals surface area contributed by atoms with Gasteiger partial charge in [-0.3, -0.25) is 9.59 Å². The van der Waals surface area contributed by atoms with Crippen molar-refractivity contribution in [1.82, 2.24) is 15.1 Å². The molecule has 0 saturated carbocycles. The smallest absolute Gasteiger partial charge is 0.267 e. The Balaban J connectivity index is 1.76. The Morgan fingerprint density at radius 3 is 2.41 bits per heavy atom. The molecule has 27 heavy (non-hydrogen) atoms. The van der Waals surface area contributed by atoms with Gasteiger partial charge in [0.1, 0.15) is 6.04 Å². The maximum absolute atomic E-state index is 12.5. The Morgan fingerprint density at radius 1 is 1.07 bits per heavy atom. The number of rotatable bonds is 5. The largest absolute Gasteiger partial charge is 0.350 e. The van der Waals surface area contributed by atoms with E-state index in [9.17, 15) is 9.59 Å². The highest BCUT2D eigenvalue weighted by Gasteiger charge is 2.17. The average Bonchev–Trinajstić information content (AvgIpc) is 2.68. The van der Waals surface area contributed by atoms with Crippen LogP contribution in [0.25, 0.3) is 11.3 Å². The fourth-order valence-electron chi connectivity index (χ4n) is 2.63. The topological polar surface area (TPSA) is 64.0 Å². The van der Waals surface area contributed by atoms with Crippen LogP contribution in [0.2, 0.25) is 5.02 Å².